The zero-order valence-corrected chi connectivity index (χ0v) is 9.08. The van der Waals surface area contributed by atoms with Crippen LogP contribution < -0.4 is 5.32 Å². The predicted molar refractivity (Wildman–Crippen MR) is 56.3 cm³/mol. The number of nitro groups is 1. The number of nitrogens with zero attached hydrogens (tertiary/aromatic N) is 3. The summed E-state index contributed by atoms with van der Waals surface area (Å²) in [4.78, 5) is 13.8. The molecule has 0 aliphatic rings. The number of imidazole rings is 1. The van der Waals surface area contributed by atoms with E-state index in [4.69, 9.17) is 17.0 Å². The topological polar surface area (TPSA) is 82.2 Å². The predicted octanol–water partition coefficient (Wildman–Crippen LogP) is 0.349. The van der Waals surface area contributed by atoms with Gasteiger partial charge < -0.3 is 20.2 Å². The van der Waals surface area contributed by atoms with Gasteiger partial charge in [0.15, 0.2) is 6.61 Å². The average Bonchev–Trinajstić information content (AvgIpc) is 2.56. The van der Waals surface area contributed by atoms with E-state index in [2.05, 4.69) is 10.3 Å². The number of rotatable bonds is 3. The van der Waals surface area contributed by atoms with Gasteiger partial charge in [-0.2, -0.15) is 0 Å². The van der Waals surface area contributed by atoms with Crippen molar-refractivity contribution in [1.29, 1.82) is 0 Å². The first-order valence-corrected chi connectivity index (χ1v) is 4.46. The highest BCUT2D eigenvalue weighted by Crippen LogP contribution is 2.12. The Kier molecular flexibility index (Phi) is 3.56. The van der Waals surface area contributed by atoms with E-state index in [1.807, 2.05) is 0 Å². The van der Waals surface area contributed by atoms with Crippen LogP contribution in [0.3, 0.4) is 0 Å². The van der Waals surface area contributed by atoms with Crippen molar-refractivity contribution in [3.63, 3.8) is 0 Å². The molecular weight excluding hydrogens is 220 g/mol. The molecule has 0 saturated heterocycles. The van der Waals surface area contributed by atoms with Crippen LogP contribution >= 0.6 is 12.2 Å². The Bertz CT molecular complexity index is 390. The van der Waals surface area contributed by atoms with Crippen LogP contribution in [-0.2, 0) is 18.4 Å². The molecule has 0 saturated carbocycles. The minimum atomic E-state index is -0.507. The maximum absolute atomic E-state index is 10.5. The number of ether oxygens (including phenoxy) is 1. The van der Waals surface area contributed by atoms with Gasteiger partial charge in [0.2, 0.25) is 5.82 Å². The molecule has 1 heterocycles. The van der Waals surface area contributed by atoms with Gasteiger partial charge >= 0.3 is 5.82 Å². The minimum Gasteiger partial charge on any atom is -0.460 e. The standard InChI is InChI=1S/C7H10N4O3S/c1-8-7(15)14-4-5-9-3-6(10(5)2)11(12)13/h3H,4H2,1-2H3,(H,8,15). The molecule has 0 unspecified atom stereocenters. The van der Waals surface area contributed by atoms with Crippen molar-refractivity contribution in [1.82, 2.24) is 14.9 Å². The second-order valence-electron chi connectivity index (χ2n) is 2.67. The summed E-state index contributed by atoms with van der Waals surface area (Å²) in [5, 5.41) is 13.3. The smallest absolute Gasteiger partial charge is 0.342 e. The molecule has 0 atom stereocenters. The van der Waals surface area contributed by atoms with Crippen molar-refractivity contribution in [2.75, 3.05) is 7.05 Å². The Hall–Kier alpha value is -1.70. The summed E-state index contributed by atoms with van der Waals surface area (Å²) in [7, 11) is 3.18. The van der Waals surface area contributed by atoms with Crippen molar-refractivity contribution in [2.45, 2.75) is 6.61 Å². The molecule has 0 radical (unpaired) electrons. The van der Waals surface area contributed by atoms with Gasteiger partial charge in [0.05, 0.1) is 7.05 Å². The molecule has 82 valence electrons. The second-order valence-corrected chi connectivity index (χ2v) is 3.05. The number of hydrogen-bond donors (Lipinski definition) is 1. The first-order valence-electron chi connectivity index (χ1n) is 4.05. The maximum atomic E-state index is 10.5. The third-order valence-corrected chi connectivity index (χ3v) is 2.11. The molecule has 1 aromatic rings. The highest BCUT2D eigenvalue weighted by molar-refractivity contribution is 7.80. The van der Waals surface area contributed by atoms with Crippen LogP contribution in [-0.4, -0.2) is 26.7 Å². The van der Waals surface area contributed by atoms with Crippen molar-refractivity contribution in [2.24, 2.45) is 7.05 Å². The molecule has 8 heteroatoms. The van der Waals surface area contributed by atoms with E-state index in [-0.39, 0.29) is 17.6 Å². The van der Waals surface area contributed by atoms with Gasteiger partial charge in [0.1, 0.15) is 6.20 Å². The lowest BCUT2D eigenvalue weighted by atomic mass is 10.6. The zero-order valence-electron chi connectivity index (χ0n) is 8.26. The molecule has 1 aromatic heterocycles. The molecule has 0 aromatic carbocycles. The quantitative estimate of drug-likeness (QED) is 0.458. The molecule has 0 aliphatic carbocycles. The van der Waals surface area contributed by atoms with Crippen LogP contribution in [0, 0.1) is 10.1 Å². The lowest BCUT2D eigenvalue weighted by Crippen LogP contribution is -2.19. The zero-order chi connectivity index (χ0) is 11.4. The SMILES string of the molecule is CNC(=S)OCc1ncc([N+](=O)[O-])n1C. The summed E-state index contributed by atoms with van der Waals surface area (Å²) >= 11 is 4.75. The Morgan fingerprint density at radius 1 is 1.87 bits per heavy atom. The summed E-state index contributed by atoms with van der Waals surface area (Å²) in [6.07, 6.45) is 1.18. The van der Waals surface area contributed by atoms with E-state index in [1.165, 1.54) is 10.8 Å². The van der Waals surface area contributed by atoms with E-state index in [0.717, 1.165) is 0 Å². The molecular formula is C7H10N4O3S. The van der Waals surface area contributed by atoms with Crippen LogP contribution in [0.2, 0.25) is 0 Å². The molecule has 0 bridgehead atoms. The molecule has 0 amide bonds. The van der Waals surface area contributed by atoms with Crippen LogP contribution in [0.4, 0.5) is 5.82 Å². The third kappa shape index (κ3) is 2.62. The normalized spacial score (nSPS) is 9.73. The first kappa shape index (κ1) is 11.4. The van der Waals surface area contributed by atoms with Crippen LogP contribution in [0.5, 0.6) is 0 Å². The summed E-state index contributed by atoms with van der Waals surface area (Å²) < 4.78 is 6.41. The van der Waals surface area contributed by atoms with Crippen molar-refractivity contribution in [3.8, 4) is 0 Å². The Labute approximate surface area is 91.2 Å². The van der Waals surface area contributed by atoms with Crippen molar-refractivity contribution in [3.05, 3.63) is 22.1 Å². The van der Waals surface area contributed by atoms with E-state index in [0.29, 0.717) is 5.82 Å². The fourth-order valence-electron chi connectivity index (χ4n) is 0.944. The van der Waals surface area contributed by atoms with E-state index in [9.17, 15) is 10.1 Å². The van der Waals surface area contributed by atoms with Gasteiger partial charge in [0, 0.05) is 7.05 Å². The van der Waals surface area contributed by atoms with Gasteiger partial charge in [-0.15, -0.1) is 0 Å². The van der Waals surface area contributed by atoms with Crippen LogP contribution in [0.15, 0.2) is 6.20 Å². The number of nitrogens with one attached hydrogen (secondary N) is 1. The number of hydrogen-bond acceptors (Lipinski definition) is 5. The summed E-state index contributed by atoms with van der Waals surface area (Å²) in [5.74, 6) is 0.364. The van der Waals surface area contributed by atoms with Gasteiger partial charge in [-0.1, -0.05) is 0 Å². The third-order valence-electron chi connectivity index (χ3n) is 1.78. The largest absolute Gasteiger partial charge is 0.460 e. The van der Waals surface area contributed by atoms with E-state index >= 15 is 0 Å². The summed E-state index contributed by atoms with van der Waals surface area (Å²) in [5.41, 5.74) is 0. The highest BCUT2D eigenvalue weighted by atomic mass is 32.1. The monoisotopic (exact) mass is 230 g/mol. The molecule has 1 rings (SSSR count). The minimum absolute atomic E-state index is 0.0797. The van der Waals surface area contributed by atoms with E-state index < -0.39 is 4.92 Å². The molecule has 7 nitrogen and oxygen atoms in total. The van der Waals surface area contributed by atoms with Crippen LogP contribution in [0.1, 0.15) is 5.82 Å². The molecule has 0 fully saturated rings. The van der Waals surface area contributed by atoms with Gasteiger partial charge in [-0.05, 0) is 17.1 Å². The van der Waals surface area contributed by atoms with Gasteiger partial charge in [0.25, 0.3) is 5.17 Å². The van der Waals surface area contributed by atoms with Crippen molar-refractivity contribution >= 4 is 23.2 Å². The maximum Gasteiger partial charge on any atom is 0.342 e. The van der Waals surface area contributed by atoms with Crippen molar-refractivity contribution < 1.29 is 9.66 Å². The second kappa shape index (κ2) is 4.69. The molecule has 15 heavy (non-hydrogen) atoms. The van der Waals surface area contributed by atoms with E-state index in [1.54, 1.807) is 14.1 Å². The number of aromatic nitrogens is 2. The fraction of sp³-hybridized carbons (Fsp3) is 0.429. The van der Waals surface area contributed by atoms with Crippen LogP contribution in [0.25, 0.3) is 0 Å². The molecule has 1 N–H and O–H groups in total. The Morgan fingerprint density at radius 2 is 2.53 bits per heavy atom. The summed E-state index contributed by atoms with van der Waals surface area (Å²) in [6, 6.07) is 0. The highest BCUT2D eigenvalue weighted by Gasteiger charge is 2.16. The summed E-state index contributed by atoms with van der Waals surface area (Å²) in [6.45, 7) is 0.101. The first-order chi connectivity index (χ1) is 7.06. The molecule has 0 spiro atoms. The molecule has 0 aliphatic heterocycles. The Balaban J connectivity index is 2.71. The number of thiocarbonyl (C=S) groups is 1. The lowest BCUT2D eigenvalue weighted by molar-refractivity contribution is -0.391. The average molecular weight is 230 g/mol. The fourth-order valence-corrected chi connectivity index (χ4v) is 1.00. The van der Waals surface area contributed by atoms with Gasteiger partial charge in [-0.25, -0.2) is 9.55 Å². The van der Waals surface area contributed by atoms with Gasteiger partial charge in [-0.3, -0.25) is 0 Å². The Morgan fingerprint density at radius 3 is 3.00 bits per heavy atom. The lowest BCUT2D eigenvalue weighted by Gasteiger charge is -2.03.